The maximum Gasteiger partial charge on any atom is 0.269 e. The second-order valence-corrected chi connectivity index (χ2v) is 5.53. The zero-order chi connectivity index (χ0) is 15.1. The largest absolute Gasteiger partial charge is 0.394 e. The molecular weight excluding hydrogens is 297 g/mol. The van der Waals surface area contributed by atoms with E-state index in [0.29, 0.717) is 5.69 Å². The molecule has 0 atom stereocenters. The Morgan fingerprint density at radius 1 is 1.25 bits per heavy atom. The molecule has 6 nitrogen and oxygen atoms in total. The van der Waals surface area contributed by atoms with Gasteiger partial charge in [-0.1, -0.05) is 0 Å². The van der Waals surface area contributed by atoms with Gasteiger partial charge in [-0.25, -0.2) is 21.6 Å². The van der Waals surface area contributed by atoms with Crippen molar-refractivity contribution < 1.29 is 21.6 Å². The number of anilines is 2. The van der Waals surface area contributed by atoms with Crippen LogP contribution in [0.25, 0.3) is 0 Å². The average Bonchev–Trinajstić information content (AvgIpc) is 2.58. The Labute approximate surface area is 111 Å². The molecular formula is C10H9F3N4O2S. The van der Waals surface area contributed by atoms with Gasteiger partial charge in [0, 0.05) is 12.1 Å². The lowest BCUT2D eigenvalue weighted by Crippen LogP contribution is -2.17. The number of nitrogen functional groups attached to an aromatic ring is 1. The molecule has 0 radical (unpaired) electrons. The topological polar surface area (TPSA) is 101 Å². The molecule has 0 amide bonds. The molecule has 0 aliphatic rings. The van der Waals surface area contributed by atoms with E-state index in [0.717, 1.165) is 0 Å². The number of halogens is 3. The minimum Gasteiger partial charge on any atom is -0.394 e. The number of benzene rings is 1. The van der Waals surface area contributed by atoms with Gasteiger partial charge >= 0.3 is 0 Å². The van der Waals surface area contributed by atoms with Crippen LogP contribution in [-0.2, 0) is 10.0 Å². The van der Waals surface area contributed by atoms with E-state index < -0.39 is 32.4 Å². The molecule has 108 valence electrons. The Bertz CT molecular complexity index is 750. The first-order valence-electron chi connectivity index (χ1n) is 5.20. The number of H-pyrrole nitrogens is 1. The predicted molar refractivity (Wildman–Crippen MR) is 64.9 cm³/mol. The highest BCUT2D eigenvalue weighted by Gasteiger charge is 2.26. The lowest BCUT2D eigenvalue weighted by molar-refractivity contribution is 0.498. The molecule has 2 rings (SSSR count). The van der Waals surface area contributed by atoms with Crippen molar-refractivity contribution in [3.63, 3.8) is 0 Å². The number of aryl methyl sites for hydroxylation is 1. The van der Waals surface area contributed by atoms with E-state index in [1.54, 1.807) is 0 Å². The molecule has 0 aliphatic heterocycles. The summed E-state index contributed by atoms with van der Waals surface area (Å²) in [5, 5.41) is 5.94. The van der Waals surface area contributed by atoms with Gasteiger partial charge in [-0.05, 0) is 6.92 Å². The minimum atomic E-state index is -4.63. The van der Waals surface area contributed by atoms with Gasteiger partial charge in [0.2, 0.25) is 0 Å². The molecule has 20 heavy (non-hydrogen) atoms. The van der Waals surface area contributed by atoms with Crippen molar-refractivity contribution in [2.75, 3.05) is 10.5 Å². The van der Waals surface area contributed by atoms with Gasteiger partial charge in [0.25, 0.3) is 10.0 Å². The maximum atomic E-state index is 13.5. The van der Waals surface area contributed by atoms with E-state index in [1.807, 2.05) is 4.72 Å². The minimum absolute atomic E-state index is 0.0171. The third-order valence-corrected chi connectivity index (χ3v) is 3.85. The SMILES string of the molecule is Cc1[nH]nc(NS(=O)(=O)c2c(F)cc(F)cc2F)c1N. The molecule has 0 fully saturated rings. The van der Waals surface area contributed by atoms with Gasteiger partial charge in [0.1, 0.15) is 17.5 Å². The zero-order valence-corrected chi connectivity index (χ0v) is 10.9. The van der Waals surface area contributed by atoms with Crippen molar-refractivity contribution in [3.05, 3.63) is 35.3 Å². The summed E-state index contributed by atoms with van der Waals surface area (Å²) < 4.78 is 65.3. The molecule has 10 heteroatoms. The number of hydrogen-bond acceptors (Lipinski definition) is 4. The van der Waals surface area contributed by atoms with Crippen LogP contribution in [0.5, 0.6) is 0 Å². The standard InChI is InChI=1S/C10H9F3N4O2S/c1-4-8(14)10(16-15-4)17-20(18,19)9-6(12)2-5(11)3-7(9)13/h2-3H,14H2,1H3,(H2,15,16,17). The highest BCUT2D eigenvalue weighted by atomic mass is 32.2. The van der Waals surface area contributed by atoms with E-state index >= 15 is 0 Å². The number of rotatable bonds is 3. The fraction of sp³-hybridized carbons (Fsp3) is 0.100. The van der Waals surface area contributed by atoms with E-state index in [4.69, 9.17) is 5.73 Å². The molecule has 0 aliphatic carbocycles. The van der Waals surface area contributed by atoms with Crippen molar-refractivity contribution >= 4 is 21.5 Å². The predicted octanol–water partition coefficient (Wildman–Crippen LogP) is 1.52. The fourth-order valence-electron chi connectivity index (χ4n) is 1.48. The van der Waals surface area contributed by atoms with Crippen LogP contribution in [0.2, 0.25) is 0 Å². The molecule has 1 aromatic carbocycles. The van der Waals surface area contributed by atoms with Crippen LogP contribution >= 0.6 is 0 Å². The normalized spacial score (nSPS) is 11.6. The number of nitrogens with one attached hydrogen (secondary N) is 2. The Morgan fingerprint density at radius 2 is 1.80 bits per heavy atom. The van der Waals surface area contributed by atoms with Gasteiger partial charge in [0.15, 0.2) is 10.7 Å². The molecule has 2 aromatic rings. The third-order valence-electron chi connectivity index (χ3n) is 2.46. The van der Waals surface area contributed by atoms with Gasteiger partial charge < -0.3 is 5.73 Å². The summed E-state index contributed by atoms with van der Waals surface area (Å²) in [6, 6.07) is 0.521. The van der Waals surface area contributed by atoms with Gasteiger partial charge in [-0.2, -0.15) is 5.10 Å². The molecule has 4 N–H and O–H groups in total. The van der Waals surface area contributed by atoms with Gasteiger partial charge in [-0.15, -0.1) is 0 Å². The maximum absolute atomic E-state index is 13.5. The summed E-state index contributed by atoms with van der Waals surface area (Å²) >= 11 is 0. The number of aromatic nitrogens is 2. The van der Waals surface area contributed by atoms with Gasteiger partial charge in [0.05, 0.1) is 11.4 Å². The summed E-state index contributed by atoms with van der Waals surface area (Å²) in [5.74, 6) is -4.64. The third kappa shape index (κ3) is 2.41. The number of nitrogens with two attached hydrogens (primary N) is 1. The van der Waals surface area contributed by atoms with Crippen molar-refractivity contribution in [2.24, 2.45) is 0 Å². The van der Waals surface area contributed by atoms with Crippen LogP contribution in [0.4, 0.5) is 24.7 Å². The number of hydrogen-bond donors (Lipinski definition) is 3. The first-order chi connectivity index (χ1) is 9.22. The molecule has 0 saturated heterocycles. The lowest BCUT2D eigenvalue weighted by Gasteiger charge is -2.08. The van der Waals surface area contributed by atoms with Crippen LogP contribution in [0.3, 0.4) is 0 Å². The molecule has 0 unspecified atom stereocenters. The van der Waals surface area contributed by atoms with Crippen LogP contribution in [-0.4, -0.2) is 18.6 Å². The van der Waals surface area contributed by atoms with Crippen molar-refractivity contribution in [1.82, 2.24) is 10.2 Å². The van der Waals surface area contributed by atoms with Gasteiger partial charge in [-0.3, -0.25) is 9.82 Å². The quantitative estimate of drug-likeness (QED) is 0.800. The highest BCUT2D eigenvalue weighted by Crippen LogP contribution is 2.25. The first-order valence-corrected chi connectivity index (χ1v) is 6.68. The van der Waals surface area contributed by atoms with Crippen molar-refractivity contribution in [2.45, 2.75) is 11.8 Å². The summed E-state index contributed by atoms with van der Waals surface area (Å²) in [7, 11) is -4.63. The average molecular weight is 306 g/mol. The van der Waals surface area contributed by atoms with E-state index in [2.05, 4.69) is 10.2 Å². The van der Waals surface area contributed by atoms with Crippen LogP contribution in [0.1, 0.15) is 5.69 Å². The monoisotopic (exact) mass is 306 g/mol. The van der Waals surface area contributed by atoms with E-state index in [9.17, 15) is 21.6 Å². The number of sulfonamides is 1. The Hall–Kier alpha value is -2.23. The van der Waals surface area contributed by atoms with E-state index in [-0.39, 0.29) is 23.6 Å². The Kier molecular flexibility index (Phi) is 3.34. The van der Waals surface area contributed by atoms with Crippen LogP contribution in [0.15, 0.2) is 17.0 Å². The zero-order valence-electron chi connectivity index (χ0n) is 10.0. The molecule has 1 heterocycles. The van der Waals surface area contributed by atoms with Crippen LogP contribution < -0.4 is 10.5 Å². The second kappa shape index (κ2) is 4.71. The molecule has 0 saturated carbocycles. The molecule has 1 aromatic heterocycles. The Balaban J connectivity index is 2.49. The molecule has 0 spiro atoms. The molecule has 0 bridgehead atoms. The Morgan fingerprint density at radius 3 is 2.25 bits per heavy atom. The summed E-state index contributed by atoms with van der Waals surface area (Å²) in [6.45, 7) is 1.53. The lowest BCUT2D eigenvalue weighted by atomic mass is 10.3. The van der Waals surface area contributed by atoms with Crippen molar-refractivity contribution in [1.29, 1.82) is 0 Å². The smallest absolute Gasteiger partial charge is 0.269 e. The number of nitrogens with zero attached hydrogens (tertiary/aromatic N) is 1. The number of aromatic amines is 1. The van der Waals surface area contributed by atoms with Crippen molar-refractivity contribution in [3.8, 4) is 0 Å². The summed E-state index contributed by atoms with van der Waals surface area (Å²) in [4.78, 5) is -1.31. The highest BCUT2D eigenvalue weighted by molar-refractivity contribution is 7.92. The summed E-state index contributed by atoms with van der Waals surface area (Å²) in [6.07, 6.45) is 0. The second-order valence-electron chi connectivity index (χ2n) is 3.91. The van der Waals surface area contributed by atoms with E-state index in [1.165, 1.54) is 6.92 Å². The first kappa shape index (κ1) is 14.2. The summed E-state index contributed by atoms with van der Waals surface area (Å²) in [5.41, 5.74) is 5.88. The van der Waals surface area contributed by atoms with Crippen LogP contribution in [0, 0.1) is 24.4 Å². The fourth-order valence-corrected chi connectivity index (χ4v) is 2.62.